The van der Waals surface area contributed by atoms with Crippen molar-refractivity contribution in [1.29, 1.82) is 0 Å². The zero-order chi connectivity index (χ0) is 14.4. The molecule has 1 aliphatic rings. The van der Waals surface area contributed by atoms with Crippen LogP contribution in [0.15, 0.2) is 0 Å². The van der Waals surface area contributed by atoms with Crippen LogP contribution in [0.2, 0.25) is 0 Å². The molecule has 0 aromatic rings. The molecule has 0 amide bonds. The highest BCUT2D eigenvalue weighted by molar-refractivity contribution is 4.89. The van der Waals surface area contributed by atoms with Crippen LogP contribution in [0.5, 0.6) is 0 Å². The second kappa shape index (κ2) is 8.26. The third-order valence-electron chi connectivity index (χ3n) is 4.83. The largest absolute Gasteiger partial charge is 0.314 e. The van der Waals surface area contributed by atoms with E-state index in [-0.39, 0.29) is 0 Å². The summed E-state index contributed by atoms with van der Waals surface area (Å²) in [6, 6.07) is 1.40. The summed E-state index contributed by atoms with van der Waals surface area (Å²) in [6.07, 6.45) is 4.03. The molecular formula is C17H36N2. The molecule has 0 aromatic carbocycles. The Kier molecular flexibility index (Phi) is 7.38. The molecule has 0 heterocycles. The van der Waals surface area contributed by atoms with Gasteiger partial charge < -0.3 is 10.2 Å². The van der Waals surface area contributed by atoms with E-state index in [0.717, 1.165) is 30.3 Å². The lowest BCUT2D eigenvalue weighted by Crippen LogP contribution is -2.50. The molecule has 1 rings (SSSR count). The predicted molar refractivity (Wildman–Crippen MR) is 85.5 cm³/mol. The minimum atomic E-state index is 0.675. The van der Waals surface area contributed by atoms with E-state index in [4.69, 9.17) is 0 Å². The lowest BCUT2D eigenvalue weighted by atomic mass is 9.72. The van der Waals surface area contributed by atoms with Crippen LogP contribution in [0, 0.1) is 17.8 Å². The molecule has 0 aliphatic heterocycles. The highest BCUT2D eigenvalue weighted by Gasteiger charge is 2.34. The molecular weight excluding hydrogens is 232 g/mol. The summed E-state index contributed by atoms with van der Waals surface area (Å²) in [5, 5.41) is 3.76. The zero-order valence-electron chi connectivity index (χ0n) is 14.1. The minimum absolute atomic E-state index is 0.675. The van der Waals surface area contributed by atoms with Gasteiger partial charge in [0.2, 0.25) is 0 Å². The Labute approximate surface area is 121 Å². The zero-order valence-corrected chi connectivity index (χ0v) is 14.1. The van der Waals surface area contributed by atoms with Gasteiger partial charge in [-0.15, -0.1) is 0 Å². The third kappa shape index (κ3) is 5.07. The summed E-state index contributed by atoms with van der Waals surface area (Å²) >= 11 is 0. The topological polar surface area (TPSA) is 15.3 Å². The molecule has 1 N–H and O–H groups in total. The monoisotopic (exact) mass is 268 g/mol. The first-order chi connectivity index (χ1) is 8.99. The summed E-state index contributed by atoms with van der Waals surface area (Å²) < 4.78 is 0. The van der Waals surface area contributed by atoms with Gasteiger partial charge in [0.05, 0.1) is 0 Å². The standard InChI is InChI=1S/C17H36N2/c1-7-9-19(13(3)4)12-16-15(6)10-14(5)11-17(16)18-8-2/h13-18H,7-12H2,1-6H3. The van der Waals surface area contributed by atoms with E-state index in [1.54, 1.807) is 0 Å². The first-order valence-corrected chi connectivity index (χ1v) is 8.46. The molecule has 4 unspecified atom stereocenters. The van der Waals surface area contributed by atoms with Gasteiger partial charge in [0.15, 0.2) is 0 Å². The van der Waals surface area contributed by atoms with E-state index in [0.29, 0.717) is 6.04 Å². The van der Waals surface area contributed by atoms with E-state index < -0.39 is 0 Å². The quantitative estimate of drug-likeness (QED) is 0.756. The van der Waals surface area contributed by atoms with E-state index in [1.807, 2.05) is 0 Å². The van der Waals surface area contributed by atoms with Gasteiger partial charge in [0.25, 0.3) is 0 Å². The highest BCUT2D eigenvalue weighted by Crippen LogP contribution is 2.34. The van der Waals surface area contributed by atoms with Gasteiger partial charge in [-0.05, 0) is 64.0 Å². The van der Waals surface area contributed by atoms with Gasteiger partial charge in [-0.3, -0.25) is 0 Å². The number of hydrogen-bond acceptors (Lipinski definition) is 2. The van der Waals surface area contributed by atoms with Crippen LogP contribution in [0.1, 0.15) is 60.8 Å². The van der Waals surface area contributed by atoms with Crippen LogP contribution in [0.4, 0.5) is 0 Å². The maximum Gasteiger partial charge on any atom is 0.0112 e. The summed E-state index contributed by atoms with van der Waals surface area (Å²) in [4.78, 5) is 2.68. The smallest absolute Gasteiger partial charge is 0.0112 e. The molecule has 1 aliphatic carbocycles. The van der Waals surface area contributed by atoms with Gasteiger partial charge >= 0.3 is 0 Å². The molecule has 0 saturated heterocycles. The molecule has 2 heteroatoms. The lowest BCUT2D eigenvalue weighted by Gasteiger charge is -2.43. The number of rotatable bonds is 7. The van der Waals surface area contributed by atoms with Gasteiger partial charge in [0, 0.05) is 18.6 Å². The van der Waals surface area contributed by atoms with Gasteiger partial charge in [-0.25, -0.2) is 0 Å². The van der Waals surface area contributed by atoms with Crippen molar-refractivity contribution >= 4 is 0 Å². The Hall–Kier alpha value is -0.0800. The summed E-state index contributed by atoms with van der Waals surface area (Å²) in [5.41, 5.74) is 0. The maximum atomic E-state index is 3.76. The Morgan fingerprint density at radius 1 is 1.16 bits per heavy atom. The van der Waals surface area contributed by atoms with Crippen molar-refractivity contribution in [3.63, 3.8) is 0 Å². The minimum Gasteiger partial charge on any atom is -0.314 e. The normalized spacial score (nSPS) is 32.2. The first kappa shape index (κ1) is 17.0. The summed E-state index contributed by atoms with van der Waals surface area (Å²) in [6.45, 7) is 17.7. The average Bonchev–Trinajstić information content (AvgIpc) is 2.32. The maximum absolute atomic E-state index is 3.76. The Bertz CT molecular complexity index is 239. The number of nitrogens with one attached hydrogen (secondary N) is 1. The number of nitrogens with zero attached hydrogens (tertiary/aromatic N) is 1. The van der Waals surface area contributed by atoms with Crippen molar-refractivity contribution in [2.75, 3.05) is 19.6 Å². The van der Waals surface area contributed by atoms with Crippen LogP contribution < -0.4 is 5.32 Å². The number of hydrogen-bond donors (Lipinski definition) is 1. The van der Waals surface area contributed by atoms with Crippen molar-refractivity contribution in [3.8, 4) is 0 Å². The van der Waals surface area contributed by atoms with E-state index >= 15 is 0 Å². The summed E-state index contributed by atoms with van der Waals surface area (Å²) in [5.74, 6) is 2.56. The van der Waals surface area contributed by atoms with Crippen molar-refractivity contribution in [2.24, 2.45) is 17.8 Å². The molecule has 1 fully saturated rings. The van der Waals surface area contributed by atoms with Gasteiger partial charge in [-0.2, -0.15) is 0 Å². The Morgan fingerprint density at radius 3 is 2.37 bits per heavy atom. The fraction of sp³-hybridized carbons (Fsp3) is 1.00. The van der Waals surface area contributed by atoms with E-state index in [2.05, 4.69) is 51.8 Å². The third-order valence-corrected chi connectivity index (χ3v) is 4.83. The summed E-state index contributed by atoms with van der Waals surface area (Å²) in [7, 11) is 0. The second-order valence-corrected chi connectivity index (χ2v) is 6.97. The molecule has 0 radical (unpaired) electrons. The highest BCUT2D eigenvalue weighted by atomic mass is 15.2. The fourth-order valence-corrected chi connectivity index (χ4v) is 3.83. The van der Waals surface area contributed by atoms with Gasteiger partial charge in [0.1, 0.15) is 0 Å². The van der Waals surface area contributed by atoms with Crippen LogP contribution >= 0.6 is 0 Å². The van der Waals surface area contributed by atoms with Crippen molar-refractivity contribution in [3.05, 3.63) is 0 Å². The van der Waals surface area contributed by atoms with Crippen molar-refractivity contribution in [1.82, 2.24) is 10.2 Å². The van der Waals surface area contributed by atoms with Gasteiger partial charge in [-0.1, -0.05) is 27.7 Å². The molecule has 0 spiro atoms. The molecule has 114 valence electrons. The molecule has 1 saturated carbocycles. The SMILES string of the molecule is CCCN(CC1C(C)CC(C)CC1NCC)C(C)C. The fourth-order valence-electron chi connectivity index (χ4n) is 3.83. The second-order valence-electron chi connectivity index (χ2n) is 6.97. The van der Waals surface area contributed by atoms with Crippen molar-refractivity contribution in [2.45, 2.75) is 72.9 Å². The predicted octanol–water partition coefficient (Wildman–Crippen LogP) is 3.77. The van der Waals surface area contributed by atoms with Crippen LogP contribution in [0.3, 0.4) is 0 Å². The van der Waals surface area contributed by atoms with E-state index in [1.165, 1.54) is 32.4 Å². The Morgan fingerprint density at radius 2 is 1.84 bits per heavy atom. The molecule has 0 aromatic heterocycles. The Balaban J connectivity index is 2.68. The molecule has 4 atom stereocenters. The van der Waals surface area contributed by atoms with Crippen LogP contribution in [0.25, 0.3) is 0 Å². The van der Waals surface area contributed by atoms with Crippen molar-refractivity contribution < 1.29 is 0 Å². The van der Waals surface area contributed by atoms with Crippen LogP contribution in [-0.2, 0) is 0 Å². The molecule has 19 heavy (non-hydrogen) atoms. The van der Waals surface area contributed by atoms with Crippen LogP contribution in [-0.4, -0.2) is 36.6 Å². The van der Waals surface area contributed by atoms with E-state index in [9.17, 15) is 0 Å². The molecule has 0 bridgehead atoms. The molecule has 2 nitrogen and oxygen atoms in total. The first-order valence-electron chi connectivity index (χ1n) is 8.46. The average molecular weight is 268 g/mol. The lowest BCUT2D eigenvalue weighted by molar-refractivity contribution is 0.0876.